The second kappa shape index (κ2) is 8.81. The van der Waals surface area contributed by atoms with Crippen molar-refractivity contribution in [2.75, 3.05) is 38.0 Å². The molecule has 1 heterocycles. The lowest BCUT2D eigenvalue weighted by molar-refractivity contribution is -0.895. The van der Waals surface area contributed by atoms with Crippen molar-refractivity contribution in [2.24, 2.45) is 0 Å². The third-order valence-corrected chi connectivity index (χ3v) is 6.78. The van der Waals surface area contributed by atoms with E-state index in [-0.39, 0.29) is 36.2 Å². The Hall–Kier alpha value is -2.62. The Kier molecular flexibility index (Phi) is 6.41. The van der Waals surface area contributed by atoms with E-state index < -0.39 is 15.8 Å². The van der Waals surface area contributed by atoms with E-state index >= 15 is 0 Å². The molecule has 0 spiro atoms. The number of para-hydroxylation sites is 1. The minimum Gasteiger partial charge on any atom is -0.325 e. The Morgan fingerprint density at radius 3 is 2.31 bits per heavy atom. The Balaban J connectivity index is 1.57. The topological polar surface area (TPSA) is 88.0 Å². The molecule has 0 radical (unpaired) electrons. The number of Topliss-reactive ketones (excluding diaryl/α,β-unsaturated/α-hetero) is 1. The van der Waals surface area contributed by atoms with Gasteiger partial charge in [-0.3, -0.25) is 9.59 Å². The molecule has 2 aromatic carbocycles. The van der Waals surface area contributed by atoms with Gasteiger partial charge in [-0.25, -0.2) is 12.8 Å². The fourth-order valence-corrected chi connectivity index (χ4v) is 4.74. The van der Waals surface area contributed by atoms with Crippen LogP contribution in [0.2, 0.25) is 0 Å². The third kappa shape index (κ3) is 5.06. The van der Waals surface area contributed by atoms with Gasteiger partial charge >= 0.3 is 0 Å². The van der Waals surface area contributed by atoms with Crippen LogP contribution in [-0.4, -0.2) is 57.1 Å². The number of anilines is 1. The van der Waals surface area contributed by atoms with Crippen molar-refractivity contribution in [1.82, 2.24) is 4.31 Å². The van der Waals surface area contributed by atoms with Crippen LogP contribution in [0.25, 0.3) is 0 Å². The lowest BCUT2D eigenvalue weighted by Gasteiger charge is -2.31. The van der Waals surface area contributed by atoms with Gasteiger partial charge in [0.1, 0.15) is 5.82 Å². The molecule has 2 N–H and O–H groups in total. The monoisotopic (exact) mass is 420 g/mol. The zero-order chi connectivity index (χ0) is 21.0. The van der Waals surface area contributed by atoms with Gasteiger partial charge in [-0.15, -0.1) is 0 Å². The first-order valence-electron chi connectivity index (χ1n) is 9.26. The van der Waals surface area contributed by atoms with Crippen molar-refractivity contribution in [3.05, 3.63) is 59.9 Å². The summed E-state index contributed by atoms with van der Waals surface area (Å²) in [7, 11) is -3.68. The summed E-state index contributed by atoms with van der Waals surface area (Å²) >= 11 is 0. The second-order valence-corrected chi connectivity index (χ2v) is 8.87. The van der Waals surface area contributed by atoms with Gasteiger partial charge in [0.05, 0.1) is 36.8 Å². The molecule has 154 valence electrons. The van der Waals surface area contributed by atoms with Crippen LogP contribution in [0.3, 0.4) is 0 Å². The molecule has 1 aliphatic rings. The van der Waals surface area contributed by atoms with Crippen LogP contribution in [0.5, 0.6) is 0 Å². The number of sulfonamides is 1. The van der Waals surface area contributed by atoms with Gasteiger partial charge in [-0.1, -0.05) is 12.1 Å². The van der Waals surface area contributed by atoms with Crippen LogP contribution >= 0.6 is 0 Å². The van der Waals surface area contributed by atoms with Crippen LogP contribution in [-0.2, 0) is 14.8 Å². The predicted molar refractivity (Wildman–Crippen MR) is 106 cm³/mol. The zero-order valence-corrected chi connectivity index (χ0v) is 16.8. The van der Waals surface area contributed by atoms with E-state index in [4.69, 9.17) is 0 Å². The molecule has 1 amide bonds. The number of nitrogens with zero attached hydrogens (tertiary/aromatic N) is 1. The first kappa shape index (κ1) is 21.1. The molecule has 0 aliphatic carbocycles. The molecule has 7 nitrogen and oxygen atoms in total. The molecule has 0 atom stereocenters. The highest BCUT2D eigenvalue weighted by molar-refractivity contribution is 7.89. The quantitative estimate of drug-likeness (QED) is 0.669. The second-order valence-electron chi connectivity index (χ2n) is 6.93. The SMILES string of the molecule is CC(=O)c1ccccc1NC(=O)C[NH+]1CCN(S(=O)(=O)c2ccc(F)cc2)CC1. The summed E-state index contributed by atoms with van der Waals surface area (Å²) in [6.07, 6.45) is 0. The van der Waals surface area contributed by atoms with Crippen molar-refractivity contribution >= 4 is 27.4 Å². The number of quaternary nitrogens is 1. The van der Waals surface area contributed by atoms with E-state index in [0.29, 0.717) is 24.3 Å². The lowest BCUT2D eigenvalue weighted by atomic mass is 10.1. The van der Waals surface area contributed by atoms with Gasteiger partial charge in [0, 0.05) is 5.56 Å². The number of piperazine rings is 1. The number of benzene rings is 2. The van der Waals surface area contributed by atoms with Gasteiger partial charge in [0.25, 0.3) is 5.91 Å². The van der Waals surface area contributed by atoms with Crippen molar-refractivity contribution < 1.29 is 27.3 Å². The molecule has 3 rings (SSSR count). The Morgan fingerprint density at radius 2 is 1.69 bits per heavy atom. The normalized spacial score (nSPS) is 15.8. The van der Waals surface area contributed by atoms with Gasteiger partial charge in [-0.2, -0.15) is 4.31 Å². The molecular formula is C20H23FN3O4S+. The van der Waals surface area contributed by atoms with E-state index in [9.17, 15) is 22.4 Å². The van der Waals surface area contributed by atoms with Gasteiger partial charge < -0.3 is 10.2 Å². The Bertz CT molecular complexity index is 1000. The van der Waals surface area contributed by atoms with Crippen molar-refractivity contribution in [3.8, 4) is 0 Å². The largest absolute Gasteiger partial charge is 0.325 e. The van der Waals surface area contributed by atoms with E-state index in [2.05, 4.69) is 5.32 Å². The zero-order valence-electron chi connectivity index (χ0n) is 16.0. The van der Waals surface area contributed by atoms with Crippen molar-refractivity contribution in [3.63, 3.8) is 0 Å². The molecule has 29 heavy (non-hydrogen) atoms. The fraction of sp³-hybridized carbons (Fsp3) is 0.300. The van der Waals surface area contributed by atoms with Gasteiger partial charge in [0.15, 0.2) is 12.3 Å². The van der Waals surface area contributed by atoms with E-state index in [1.54, 1.807) is 24.3 Å². The summed E-state index contributed by atoms with van der Waals surface area (Å²) < 4.78 is 39.7. The number of amides is 1. The van der Waals surface area contributed by atoms with Crippen LogP contribution in [0.1, 0.15) is 17.3 Å². The molecule has 1 saturated heterocycles. The average Bonchev–Trinajstić information content (AvgIpc) is 2.69. The number of nitrogens with one attached hydrogen (secondary N) is 2. The molecule has 1 aliphatic heterocycles. The summed E-state index contributed by atoms with van der Waals surface area (Å²) in [6, 6.07) is 11.6. The third-order valence-electron chi connectivity index (χ3n) is 4.87. The van der Waals surface area contributed by atoms with Crippen LogP contribution in [0.4, 0.5) is 10.1 Å². The predicted octanol–water partition coefficient (Wildman–Crippen LogP) is 0.556. The van der Waals surface area contributed by atoms with Crippen molar-refractivity contribution in [2.45, 2.75) is 11.8 Å². The summed E-state index contributed by atoms with van der Waals surface area (Å²) in [5.41, 5.74) is 0.924. The maximum absolute atomic E-state index is 13.0. The number of hydrogen-bond donors (Lipinski definition) is 2. The number of hydrogen-bond acceptors (Lipinski definition) is 4. The van der Waals surface area contributed by atoms with Gasteiger partial charge in [0.2, 0.25) is 10.0 Å². The maximum atomic E-state index is 13.0. The molecule has 2 aromatic rings. The summed E-state index contributed by atoms with van der Waals surface area (Å²) in [6.45, 7) is 3.11. The summed E-state index contributed by atoms with van der Waals surface area (Å²) in [4.78, 5) is 25.0. The number of carbonyl (C=O) groups is 2. The Labute approximate surface area is 169 Å². The minimum absolute atomic E-state index is 0.0564. The van der Waals surface area contributed by atoms with Crippen LogP contribution in [0, 0.1) is 5.82 Å². The molecular weight excluding hydrogens is 397 g/mol. The Morgan fingerprint density at radius 1 is 1.07 bits per heavy atom. The molecule has 9 heteroatoms. The summed E-state index contributed by atoms with van der Waals surface area (Å²) in [5, 5.41) is 2.76. The van der Waals surface area contributed by atoms with Crippen LogP contribution < -0.4 is 10.2 Å². The van der Waals surface area contributed by atoms with Crippen LogP contribution in [0.15, 0.2) is 53.4 Å². The standard InChI is InChI=1S/C20H22FN3O4S/c1-15(25)18-4-2-3-5-19(18)22-20(26)14-23-10-12-24(13-11-23)29(27,28)17-8-6-16(21)7-9-17/h2-9H,10-14H2,1H3,(H,22,26)/p+1. The fourth-order valence-electron chi connectivity index (χ4n) is 3.30. The number of carbonyl (C=O) groups excluding carboxylic acids is 2. The van der Waals surface area contributed by atoms with E-state index in [1.165, 1.54) is 23.4 Å². The average molecular weight is 420 g/mol. The lowest BCUT2D eigenvalue weighted by Crippen LogP contribution is -3.15. The summed E-state index contributed by atoms with van der Waals surface area (Å²) in [5.74, 6) is -0.855. The molecule has 0 unspecified atom stereocenters. The highest BCUT2D eigenvalue weighted by atomic mass is 32.2. The molecule has 0 bridgehead atoms. The maximum Gasteiger partial charge on any atom is 0.279 e. The highest BCUT2D eigenvalue weighted by Crippen LogP contribution is 2.16. The number of halogens is 1. The van der Waals surface area contributed by atoms with E-state index in [1.807, 2.05) is 0 Å². The van der Waals surface area contributed by atoms with Crippen molar-refractivity contribution in [1.29, 1.82) is 0 Å². The molecule has 0 saturated carbocycles. The smallest absolute Gasteiger partial charge is 0.279 e. The van der Waals surface area contributed by atoms with E-state index in [0.717, 1.165) is 17.0 Å². The number of ketones is 1. The first-order valence-corrected chi connectivity index (χ1v) is 10.7. The highest BCUT2D eigenvalue weighted by Gasteiger charge is 2.31. The molecule has 1 fully saturated rings. The first-order chi connectivity index (χ1) is 13.8. The minimum atomic E-state index is -3.68. The van der Waals surface area contributed by atoms with Gasteiger partial charge in [-0.05, 0) is 43.3 Å². The number of rotatable bonds is 6. The molecule has 0 aromatic heterocycles.